The van der Waals surface area contributed by atoms with E-state index in [0.717, 1.165) is 5.56 Å². The fourth-order valence-corrected chi connectivity index (χ4v) is 2.69. The van der Waals surface area contributed by atoms with Gasteiger partial charge in [-0.2, -0.15) is 0 Å². The maximum absolute atomic E-state index is 10.3. The van der Waals surface area contributed by atoms with Crippen molar-refractivity contribution in [2.45, 2.75) is 45.6 Å². The Hall–Kier alpha value is -0.820. The second-order valence-electron chi connectivity index (χ2n) is 5.42. The highest BCUT2D eigenvalue weighted by Gasteiger charge is 2.52. The summed E-state index contributed by atoms with van der Waals surface area (Å²) in [6, 6.07) is 10.1. The molecule has 0 radical (unpaired) electrons. The topological polar surface area (TPSA) is 20.2 Å². The Kier molecular flexibility index (Phi) is 3.34. The van der Waals surface area contributed by atoms with Gasteiger partial charge in [0.05, 0.1) is 6.10 Å². The molecule has 0 aromatic heterocycles. The summed E-state index contributed by atoms with van der Waals surface area (Å²) in [5.41, 5.74) is 1.47. The van der Waals surface area contributed by atoms with Crippen molar-refractivity contribution in [3.05, 3.63) is 35.9 Å². The van der Waals surface area contributed by atoms with E-state index in [9.17, 15) is 5.11 Å². The van der Waals surface area contributed by atoms with Gasteiger partial charge in [0.1, 0.15) is 0 Å². The summed E-state index contributed by atoms with van der Waals surface area (Å²) in [6.45, 7) is 4.55. The molecule has 0 spiro atoms. The second-order valence-corrected chi connectivity index (χ2v) is 5.42. The molecule has 1 saturated carbocycles. The monoisotopic (exact) mass is 218 g/mol. The molecule has 16 heavy (non-hydrogen) atoms. The zero-order valence-corrected chi connectivity index (χ0v) is 10.3. The zero-order valence-electron chi connectivity index (χ0n) is 10.3. The van der Waals surface area contributed by atoms with Gasteiger partial charge in [0.25, 0.3) is 0 Å². The van der Waals surface area contributed by atoms with Gasteiger partial charge in [0, 0.05) is 0 Å². The molecule has 2 rings (SSSR count). The van der Waals surface area contributed by atoms with E-state index in [1.807, 2.05) is 30.3 Å². The van der Waals surface area contributed by atoms with Gasteiger partial charge in [0.2, 0.25) is 0 Å². The maximum Gasteiger partial charge on any atom is 0.0823 e. The lowest BCUT2D eigenvalue weighted by Gasteiger charge is -2.15. The number of hydrogen-bond donors (Lipinski definition) is 1. The first-order chi connectivity index (χ1) is 7.67. The minimum atomic E-state index is -0.261. The number of benzene rings is 1. The Morgan fingerprint density at radius 3 is 2.69 bits per heavy atom. The highest BCUT2D eigenvalue weighted by Crippen LogP contribution is 2.60. The Morgan fingerprint density at radius 1 is 1.38 bits per heavy atom. The number of aliphatic hydroxyl groups is 1. The molecule has 0 aliphatic heterocycles. The van der Waals surface area contributed by atoms with Crippen LogP contribution in [0, 0.1) is 11.3 Å². The molecular weight excluding hydrogens is 196 g/mol. The second kappa shape index (κ2) is 4.58. The van der Waals surface area contributed by atoms with Crippen molar-refractivity contribution in [2.75, 3.05) is 0 Å². The van der Waals surface area contributed by atoms with E-state index in [1.54, 1.807) is 0 Å². The number of hydrogen-bond acceptors (Lipinski definition) is 1. The van der Waals surface area contributed by atoms with Crippen LogP contribution < -0.4 is 0 Å². The highest BCUT2D eigenvalue weighted by molar-refractivity contribution is 5.21. The summed E-state index contributed by atoms with van der Waals surface area (Å²) in [5.74, 6) is 0.474. The lowest BCUT2D eigenvalue weighted by atomic mass is 9.94. The molecule has 0 heterocycles. The number of unbranched alkanes of at least 4 members (excludes halogenated alkanes) is 1. The van der Waals surface area contributed by atoms with E-state index in [0.29, 0.717) is 11.3 Å². The molecule has 3 atom stereocenters. The molecule has 1 aliphatic rings. The third kappa shape index (κ3) is 2.30. The predicted molar refractivity (Wildman–Crippen MR) is 67.1 cm³/mol. The van der Waals surface area contributed by atoms with Crippen molar-refractivity contribution < 1.29 is 5.11 Å². The molecule has 1 aliphatic carbocycles. The molecule has 1 aromatic carbocycles. The van der Waals surface area contributed by atoms with Crippen LogP contribution in [-0.2, 0) is 0 Å². The molecule has 1 fully saturated rings. The van der Waals surface area contributed by atoms with Gasteiger partial charge in [-0.05, 0) is 29.7 Å². The van der Waals surface area contributed by atoms with Crippen molar-refractivity contribution >= 4 is 0 Å². The van der Waals surface area contributed by atoms with Gasteiger partial charge in [-0.3, -0.25) is 0 Å². The third-order valence-electron chi connectivity index (χ3n) is 4.04. The lowest BCUT2D eigenvalue weighted by molar-refractivity contribution is 0.133. The fraction of sp³-hybridized carbons (Fsp3) is 0.600. The smallest absolute Gasteiger partial charge is 0.0823 e. The quantitative estimate of drug-likeness (QED) is 0.793. The van der Waals surface area contributed by atoms with E-state index in [-0.39, 0.29) is 6.10 Å². The van der Waals surface area contributed by atoms with Crippen LogP contribution in [0.25, 0.3) is 0 Å². The molecule has 0 bridgehead atoms. The van der Waals surface area contributed by atoms with Crippen molar-refractivity contribution in [2.24, 2.45) is 11.3 Å². The van der Waals surface area contributed by atoms with E-state index in [1.165, 1.54) is 25.7 Å². The molecule has 0 unspecified atom stereocenters. The first-order valence-electron chi connectivity index (χ1n) is 6.40. The standard InChI is InChI=1S/C15H22O/c1-3-4-10-15(2)11-13(15)14(16)12-8-6-5-7-9-12/h5-9,13-14,16H,3-4,10-11H2,1-2H3/t13-,14-,15+/m1/s1. The van der Waals surface area contributed by atoms with Crippen LogP contribution in [0.5, 0.6) is 0 Å². The Labute approximate surface area is 98.5 Å². The van der Waals surface area contributed by atoms with E-state index in [2.05, 4.69) is 13.8 Å². The third-order valence-corrected chi connectivity index (χ3v) is 4.04. The maximum atomic E-state index is 10.3. The minimum Gasteiger partial charge on any atom is -0.388 e. The zero-order chi connectivity index (χ0) is 11.6. The van der Waals surface area contributed by atoms with Crippen LogP contribution in [0.4, 0.5) is 0 Å². The van der Waals surface area contributed by atoms with Crippen LogP contribution >= 0.6 is 0 Å². The van der Waals surface area contributed by atoms with Crippen molar-refractivity contribution in [1.82, 2.24) is 0 Å². The largest absolute Gasteiger partial charge is 0.388 e. The lowest BCUT2D eigenvalue weighted by Crippen LogP contribution is -2.07. The van der Waals surface area contributed by atoms with Gasteiger partial charge in [-0.15, -0.1) is 0 Å². The van der Waals surface area contributed by atoms with Crippen LogP contribution in [0.1, 0.15) is 51.2 Å². The van der Waals surface area contributed by atoms with Crippen molar-refractivity contribution in [1.29, 1.82) is 0 Å². The van der Waals surface area contributed by atoms with Gasteiger partial charge < -0.3 is 5.11 Å². The van der Waals surface area contributed by atoms with E-state index >= 15 is 0 Å². The summed E-state index contributed by atoms with van der Waals surface area (Å²) in [4.78, 5) is 0. The first kappa shape index (κ1) is 11.7. The Bertz CT molecular complexity index is 333. The fourth-order valence-electron chi connectivity index (χ4n) is 2.69. The Balaban J connectivity index is 1.96. The van der Waals surface area contributed by atoms with E-state index in [4.69, 9.17) is 0 Å². The predicted octanol–water partition coefficient (Wildman–Crippen LogP) is 3.94. The molecule has 88 valence electrons. The average Bonchev–Trinajstić information content (AvgIpc) is 3.00. The Morgan fingerprint density at radius 2 is 2.06 bits per heavy atom. The molecule has 1 aromatic rings. The van der Waals surface area contributed by atoms with Gasteiger partial charge >= 0.3 is 0 Å². The van der Waals surface area contributed by atoms with Crippen LogP contribution in [0.2, 0.25) is 0 Å². The van der Waals surface area contributed by atoms with Crippen LogP contribution in [0.3, 0.4) is 0 Å². The average molecular weight is 218 g/mol. The van der Waals surface area contributed by atoms with Crippen molar-refractivity contribution in [3.63, 3.8) is 0 Å². The molecular formula is C15H22O. The van der Waals surface area contributed by atoms with E-state index < -0.39 is 0 Å². The molecule has 1 heteroatoms. The number of rotatable bonds is 5. The summed E-state index contributed by atoms with van der Waals surface area (Å²) in [7, 11) is 0. The summed E-state index contributed by atoms with van der Waals surface area (Å²) < 4.78 is 0. The van der Waals surface area contributed by atoms with Gasteiger partial charge in [-0.1, -0.05) is 57.0 Å². The molecule has 1 N–H and O–H groups in total. The SMILES string of the molecule is CCCC[C@@]1(C)C[C@@H]1[C@H](O)c1ccccc1. The van der Waals surface area contributed by atoms with Crippen LogP contribution in [0.15, 0.2) is 30.3 Å². The number of aliphatic hydroxyl groups excluding tert-OH is 1. The minimum absolute atomic E-state index is 0.261. The molecule has 0 amide bonds. The molecule has 1 nitrogen and oxygen atoms in total. The van der Waals surface area contributed by atoms with Crippen molar-refractivity contribution in [3.8, 4) is 0 Å². The highest BCUT2D eigenvalue weighted by atomic mass is 16.3. The van der Waals surface area contributed by atoms with Crippen LogP contribution in [-0.4, -0.2) is 5.11 Å². The van der Waals surface area contributed by atoms with Gasteiger partial charge in [0.15, 0.2) is 0 Å². The summed E-state index contributed by atoms with van der Waals surface area (Å²) >= 11 is 0. The van der Waals surface area contributed by atoms with Gasteiger partial charge in [-0.25, -0.2) is 0 Å². The normalized spacial score (nSPS) is 30.1. The first-order valence-corrected chi connectivity index (χ1v) is 6.40. The summed E-state index contributed by atoms with van der Waals surface area (Å²) in [6.07, 6.45) is 4.72. The molecule has 0 saturated heterocycles. The summed E-state index contributed by atoms with van der Waals surface area (Å²) in [5, 5.41) is 10.3.